The minimum atomic E-state index is -0.443. The average molecular weight is 219 g/mol. The Bertz CT molecular complexity index is 450. The maximum Gasteiger partial charge on any atom is 0.330 e. The van der Waals surface area contributed by atoms with Gasteiger partial charge in [-0.05, 0) is 30.7 Å². The van der Waals surface area contributed by atoms with E-state index < -0.39 is 5.97 Å². The van der Waals surface area contributed by atoms with Crippen molar-refractivity contribution in [1.29, 1.82) is 0 Å². The number of anilines is 1. The number of benzene rings is 1. The van der Waals surface area contributed by atoms with Gasteiger partial charge in [0.2, 0.25) is 0 Å². The van der Waals surface area contributed by atoms with Crippen molar-refractivity contribution < 1.29 is 14.3 Å². The molecular formula is C12H13NO3. The van der Waals surface area contributed by atoms with Crippen LogP contribution in [-0.2, 0) is 9.53 Å². The van der Waals surface area contributed by atoms with E-state index in [9.17, 15) is 9.59 Å². The summed E-state index contributed by atoms with van der Waals surface area (Å²) in [6, 6.07) is 4.99. The highest BCUT2D eigenvalue weighted by Gasteiger charge is 2.04. The van der Waals surface area contributed by atoms with Crippen LogP contribution >= 0.6 is 0 Å². The van der Waals surface area contributed by atoms with Gasteiger partial charge in [-0.25, -0.2) is 4.79 Å². The standard InChI is InChI=1S/C12H13NO3/c1-8(14)10-7-9(3-5-11(10)13)4-6-12(15)16-2/h3-7H,13H2,1-2H3. The number of esters is 1. The molecule has 84 valence electrons. The number of methoxy groups -OCH3 is 1. The molecule has 0 aliphatic heterocycles. The SMILES string of the molecule is COC(=O)C=Cc1ccc(N)c(C(C)=O)c1. The van der Waals surface area contributed by atoms with Crippen LogP contribution in [0.3, 0.4) is 0 Å². The molecule has 0 fully saturated rings. The van der Waals surface area contributed by atoms with Crippen LogP contribution in [0.2, 0.25) is 0 Å². The van der Waals surface area contributed by atoms with Crippen LogP contribution in [0, 0.1) is 0 Å². The first-order valence-electron chi connectivity index (χ1n) is 4.71. The second kappa shape index (κ2) is 5.11. The van der Waals surface area contributed by atoms with Crippen LogP contribution in [0.1, 0.15) is 22.8 Å². The summed E-state index contributed by atoms with van der Waals surface area (Å²) >= 11 is 0. The minimum Gasteiger partial charge on any atom is -0.466 e. The van der Waals surface area contributed by atoms with E-state index >= 15 is 0 Å². The third-order valence-corrected chi connectivity index (χ3v) is 2.07. The molecule has 0 spiro atoms. The number of nitrogen functional groups attached to an aromatic ring is 1. The lowest BCUT2D eigenvalue weighted by atomic mass is 10.1. The Kier molecular flexibility index (Phi) is 3.83. The fraction of sp³-hybridized carbons (Fsp3) is 0.167. The number of Topliss-reactive ketones (excluding diaryl/α,β-unsaturated/α-hetero) is 1. The van der Waals surface area contributed by atoms with Gasteiger partial charge in [-0.2, -0.15) is 0 Å². The lowest BCUT2D eigenvalue weighted by Gasteiger charge is -2.02. The molecule has 1 aromatic carbocycles. The molecule has 0 aromatic heterocycles. The first kappa shape index (κ1) is 12.0. The van der Waals surface area contributed by atoms with Gasteiger partial charge >= 0.3 is 5.97 Å². The summed E-state index contributed by atoms with van der Waals surface area (Å²) < 4.78 is 4.46. The third kappa shape index (κ3) is 2.95. The molecule has 0 bridgehead atoms. The first-order chi connectivity index (χ1) is 7.54. The molecule has 0 radical (unpaired) electrons. The maximum atomic E-state index is 11.2. The highest BCUT2D eigenvalue weighted by molar-refractivity contribution is 5.99. The summed E-state index contributed by atoms with van der Waals surface area (Å²) in [7, 11) is 1.30. The summed E-state index contributed by atoms with van der Waals surface area (Å²) in [5.41, 5.74) is 7.25. The molecule has 2 N–H and O–H groups in total. The highest BCUT2D eigenvalue weighted by Crippen LogP contribution is 2.15. The normalized spacial score (nSPS) is 10.4. The van der Waals surface area contributed by atoms with Crippen molar-refractivity contribution in [3.8, 4) is 0 Å². The molecule has 0 aliphatic rings. The van der Waals surface area contributed by atoms with E-state index in [1.165, 1.54) is 20.1 Å². The Hall–Kier alpha value is -2.10. The van der Waals surface area contributed by atoms with E-state index in [1.54, 1.807) is 24.3 Å². The number of carbonyl (C=O) groups excluding carboxylic acids is 2. The number of hydrogen-bond donors (Lipinski definition) is 1. The smallest absolute Gasteiger partial charge is 0.330 e. The van der Waals surface area contributed by atoms with Crippen molar-refractivity contribution in [3.05, 3.63) is 35.4 Å². The van der Waals surface area contributed by atoms with E-state index in [4.69, 9.17) is 5.73 Å². The van der Waals surface area contributed by atoms with Gasteiger partial charge in [0.05, 0.1) is 7.11 Å². The lowest BCUT2D eigenvalue weighted by molar-refractivity contribution is -0.134. The molecule has 0 amide bonds. The topological polar surface area (TPSA) is 69.4 Å². The minimum absolute atomic E-state index is 0.106. The van der Waals surface area contributed by atoms with E-state index in [0.29, 0.717) is 11.3 Å². The molecular weight excluding hydrogens is 206 g/mol. The van der Waals surface area contributed by atoms with Gasteiger partial charge < -0.3 is 10.5 Å². The molecule has 0 saturated carbocycles. The molecule has 0 unspecified atom stereocenters. The average Bonchev–Trinajstić information content (AvgIpc) is 2.27. The van der Waals surface area contributed by atoms with Gasteiger partial charge in [0.15, 0.2) is 5.78 Å². The lowest BCUT2D eigenvalue weighted by Crippen LogP contribution is -1.99. The van der Waals surface area contributed by atoms with Gasteiger partial charge in [-0.3, -0.25) is 4.79 Å². The second-order valence-electron chi connectivity index (χ2n) is 3.26. The van der Waals surface area contributed by atoms with Crippen molar-refractivity contribution in [2.24, 2.45) is 0 Å². The molecule has 1 aromatic rings. The molecule has 4 heteroatoms. The zero-order chi connectivity index (χ0) is 12.1. The number of hydrogen-bond acceptors (Lipinski definition) is 4. The molecule has 0 atom stereocenters. The van der Waals surface area contributed by atoms with Crippen molar-refractivity contribution in [2.45, 2.75) is 6.92 Å². The van der Waals surface area contributed by atoms with E-state index in [1.807, 2.05) is 0 Å². The van der Waals surface area contributed by atoms with Crippen LogP contribution < -0.4 is 5.73 Å². The van der Waals surface area contributed by atoms with Crippen LogP contribution in [0.5, 0.6) is 0 Å². The van der Waals surface area contributed by atoms with Crippen molar-refractivity contribution >= 4 is 23.5 Å². The molecule has 0 aliphatic carbocycles. The van der Waals surface area contributed by atoms with Crippen LogP contribution in [0.15, 0.2) is 24.3 Å². The van der Waals surface area contributed by atoms with Crippen LogP contribution in [0.25, 0.3) is 6.08 Å². The summed E-state index contributed by atoms with van der Waals surface area (Å²) in [4.78, 5) is 22.1. The Morgan fingerprint density at radius 1 is 1.38 bits per heavy atom. The van der Waals surface area contributed by atoms with Gasteiger partial charge in [0.25, 0.3) is 0 Å². The zero-order valence-electron chi connectivity index (χ0n) is 9.19. The Balaban J connectivity index is 2.99. The summed E-state index contributed by atoms with van der Waals surface area (Å²) in [5.74, 6) is -0.549. The molecule has 0 heterocycles. The van der Waals surface area contributed by atoms with E-state index in [0.717, 1.165) is 5.56 Å². The number of rotatable bonds is 3. The summed E-state index contributed by atoms with van der Waals surface area (Å²) in [6.45, 7) is 1.44. The number of nitrogens with two attached hydrogens (primary N) is 1. The first-order valence-corrected chi connectivity index (χ1v) is 4.71. The van der Waals surface area contributed by atoms with Gasteiger partial charge in [-0.15, -0.1) is 0 Å². The Morgan fingerprint density at radius 2 is 2.06 bits per heavy atom. The second-order valence-corrected chi connectivity index (χ2v) is 3.26. The quantitative estimate of drug-likeness (QED) is 0.363. The van der Waals surface area contributed by atoms with Gasteiger partial charge in [0, 0.05) is 17.3 Å². The van der Waals surface area contributed by atoms with Crippen molar-refractivity contribution in [3.63, 3.8) is 0 Å². The Morgan fingerprint density at radius 3 is 2.62 bits per heavy atom. The summed E-state index contributed by atoms with van der Waals surface area (Å²) in [5, 5.41) is 0. The number of ether oxygens (including phenoxy) is 1. The predicted octanol–water partition coefficient (Wildman–Crippen LogP) is 1.66. The van der Waals surface area contributed by atoms with Gasteiger partial charge in [-0.1, -0.05) is 6.07 Å². The number of ketones is 1. The third-order valence-electron chi connectivity index (χ3n) is 2.07. The Labute approximate surface area is 93.7 Å². The molecule has 4 nitrogen and oxygen atoms in total. The molecule has 0 saturated heterocycles. The largest absolute Gasteiger partial charge is 0.466 e. The molecule has 1 rings (SSSR count). The fourth-order valence-electron chi connectivity index (χ4n) is 1.21. The summed E-state index contributed by atoms with van der Waals surface area (Å²) in [6.07, 6.45) is 2.85. The molecule has 16 heavy (non-hydrogen) atoms. The van der Waals surface area contributed by atoms with Crippen molar-refractivity contribution in [2.75, 3.05) is 12.8 Å². The highest BCUT2D eigenvalue weighted by atomic mass is 16.5. The predicted molar refractivity (Wildman–Crippen MR) is 61.9 cm³/mol. The van der Waals surface area contributed by atoms with Crippen molar-refractivity contribution in [1.82, 2.24) is 0 Å². The van der Waals surface area contributed by atoms with Crippen LogP contribution in [0.4, 0.5) is 5.69 Å². The monoisotopic (exact) mass is 219 g/mol. The van der Waals surface area contributed by atoms with E-state index in [-0.39, 0.29) is 5.78 Å². The number of carbonyl (C=O) groups is 2. The van der Waals surface area contributed by atoms with Gasteiger partial charge in [0.1, 0.15) is 0 Å². The fourth-order valence-corrected chi connectivity index (χ4v) is 1.21. The zero-order valence-corrected chi connectivity index (χ0v) is 9.19. The van der Waals surface area contributed by atoms with E-state index in [2.05, 4.69) is 4.74 Å². The van der Waals surface area contributed by atoms with Crippen LogP contribution in [-0.4, -0.2) is 18.9 Å². The maximum absolute atomic E-state index is 11.2.